The molecule has 0 fully saturated rings. The second-order valence-electron chi connectivity index (χ2n) is 6.36. The van der Waals surface area contributed by atoms with Gasteiger partial charge in [0.1, 0.15) is 23.0 Å². The average Bonchev–Trinajstić information content (AvgIpc) is 3.38. The van der Waals surface area contributed by atoms with Gasteiger partial charge in [-0.05, 0) is 48.5 Å². The number of hydrogen-bond acceptors (Lipinski definition) is 8. The third-order valence-electron chi connectivity index (χ3n) is 4.37. The highest BCUT2D eigenvalue weighted by Crippen LogP contribution is 2.29. The SMILES string of the molecule is [O-]N(O)c1cccc(-c2ccc(Cc3ccc(-c4cccc(N([O-])O)c4)o3)o2)c1. The molecule has 0 saturated carbocycles. The fourth-order valence-electron chi connectivity index (χ4n) is 2.98. The lowest BCUT2D eigenvalue weighted by Crippen LogP contribution is -2.06. The smallest absolute Gasteiger partial charge is 0.134 e. The molecule has 0 radical (unpaired) electrons. The van der Waals surface area contributed by atoms with Crippen LogP contribution in [0, 0.1) is 10.4 Å². The average molecular weight is 392 g/mol. The van der Waals surface area contributed by atoms with E-state index in [4.69, 9.17) is 19.2 Å². The molecule has 0 bridgehead atoms. The number of anilines is 2. The van der Waals surface area contributed by atoms with Gasteiger partial charge in [-0.25, -0.2) is 0 Å². The summed E-state index contributed by atoms with van der Waals surface area (Å²) in [6, 6.07) is 20.0. The normalized spacial score (nSPS) is 10.9. The van der Waals surface area contributed by atoms with Crippen LogP contribution in [-0.2, 0) is 6.42 Å². The fraction of sp³-hybridized carbons (Fsp3) is 0.0476. The van der Waals surface area contributed by atoms with E-state index in [1.54, 1.807) is 48.5 Å². The monoisotopic (exact) mass is 392 g/mol. The molecule has 0 atom stereocenters. The minimum Gasteiger partial charge on any atom is -0.733 e. The zero-order chi connectivity index (χ0) is 20.4. The molecule has 0 aliphatic heterocycles. The van der Waals surface area contributed by atoms with Crippen molar-refractivity contribution >= 4 is 11.4 Å². The molecular formula is C21H16N2O6-2. The molecule has 0 amide bonds. The van der Waals surface area contributed by atoms with E-state index in [0.29, 0.717) is 40.6 Å². The quantitative estimate of drug-likeness (QED) is 0.431. The van der Waals surface area contributed by atoms with Crippen molar-refractivity contribution in [3.05, 3.63) is 94.7 Å². The summed E-state index contributed by atoms with van der Waals surface area (Å²) in [5, 5.41) is 39.8. The van der Waals surface area contributed by atoms with Gasteiger partial charge in [0.15, 0.2) is 0 Å². The molecule has 0 aliphatic carbocycles. The van der Waals surface area contributed by atoms with Crippen molar-refractivity contribution in [3.8, 4) is 22.6 Å². The Kier molecular flexibility index (Phi) is 5.07. The molecular weight excluding hydrogens is 376 g/mol. The molecule has 2 aromatic carbocycles. The first-order valence-corrected chi connectivity index (χ1v) is 8.70. The first-order chi connectivity index (χ1) is 14.0. The number of hydrogen-bond donors (Lipinski definition) is 2. The lowest BCUT2D eigenvalue weighted by Gasteiger charge is -2.21. The zero-order valence-electron chi connectivity index (χ0n) is 15.1. The molecule has 4 rings (SSSR count). The van der Waals surface area contributed by atoms with Crippen LogP contribution in [0.25, 0.3) is 22.6 Å². The Morgan fingerprint density at radius 3 is 1.52 bits per heavy atom. The first kappa shape index (κ1) is 18.8. The Morgan fingerprint density at radius 1 is 0.655 bits per heavy atom. The van der Waals surface area contributed by atoms with Crippen LogP contribution in [0.5, 0.6) is 0 Å². The van der Waals surface area contributed by atoms with E-state index in [1.807, 2.05) is 0 Å². The molecule has 2 aromatic heterocycles. The van der Waals surface area contributed by atoms with Gasteiger partial charge >= 0.3 is 0 Å². The standard InChI is InChI=1S/C21H16N2O6/c24-22(25)16-5-1-3-14(11-16)20-9-7-18(28-20)13-19-8-10-21(29-19)15-4-2-6-17(12-15)23(26)27/h1-12,24,26H,13H2/q-2. The molecule has 2 N–H and O–H groups in total. The molecule has 2 heterocycles. The molecule has 0 saturated heterocycles. The van der Waals surface area contributed by atoms with E-state index in [9.17, 15) is 10.4 Å². The lowest BCUT2D eigenvalue weighted by molar-refractivity contribution is 0.296. The minimum absolute atomic E-state index is 0.109. The molecule has 148 valence electrons. The zero-order valence-corrected chi connectivity index (χ0v) is 15.1. The molecule has 0 unspecified atom stereocenters. The molecule has 29 heavy (non-hydrogen) atoms. The van der Waals surface area contributed by atoms with E-state index in [0.717, 1.165) is 0 Å². The van der Waals surface area contributed by atoms with Gasteiger partial charge in [-0.2, -0.15) is 0 Å². The summed E-state index contributed by atoms with van der Waals surface area (Å²) in [6.07, 6.45) is 0.404. The highest BCUT2D eigenvalue weighted by Gasteiger charge is 2.11. The summed E-state index contributed by atoms with van der Waals surface area (Å²) in [4.78, 5) is 0. The summed E-state index contributed by atoms with van der Waals surface area (Å²) in [5.41, 5.74) is 1.54. The Labute approximate surface area is 165 Å². The van der Waals surface area contributed by atoms with E-state index < -0.39 is 0 Å². The van der Waals surface area contributed by atoms with Gasteiger partial charge in [-0.15, -0.1) is 0 Å². The molecule has 8 heteroatoms. The van der Waals surface area contributed by atoms with E-state index >= 15 is 0 Å². The summed E-state index contributed by atoms with van der Waals surface area (Å²) in [5.74, 6) is 2.43. The van der Waals surface area contributed by atoms with Crippen LogP contribution in [0.4, 0.5) is 11.4 Å². The van der Waals surface area contributed by atoms with Gasteiger partial charge < -0.3 is 29.7 Å². The fourth-order valence-corrected chi connectivity index (χ4v) is 2.98. The number of rotatable bonds is 6. The van der Waals surface area contributed by atoms with Crippen molar-refractivity contribution in [1.29, 1.82) is 0 Å². The van der Waals surface area contributed by atoms with E-state index in [2.05, 4.69) is 0 Å². The maximum atomic E-state index is 11.0. The van der Waals surface area contributed by atoms with Crippen LogP contribution in [0.15, 0.2) is 81.6 Å². The third kappa shape index (κ3) is 4.15. The summed E-state index contributed by atoms with van der Waals surface area (Å²) < 4.78 is 11.7. The molecule has 0 aliphatic rings. The summed E-state index contributed by atoms with van der Waals surface area (Å²) in [6.45, 7) is 0. The van der Waals surface area contributed by atoms with Crippen molar-refractivity contribution in [2.45, 2.75) is 6.42 Å². The number of nitrogens with zero attached hydrogens (tertiary/aromatic N) is 2. The molecule has 0 spiro atoms. The first-order valence-electron chi connectivity index (χ1n) is 8.70. The van der Waals surface area contributed by atoms with E-state index in [-0.39, 0.29) is 21.8 Å². The highest BCUT2D eigenvalue weighted by atomic mass is 16.8. The van der Waals surface area contributed by atoms with Gasteiger partial charge in [-0.1, -0.05) is 24.3 Å². The maximum Gasteiger partial charge on any atom is 0.134 e. The Morgan fingerprint density at radius 2 is 1.10 bits per heavy atom. The Bertz CT molecular complexity index is 1030. The largest absolute Gasteiger partial charge is 0.733 e. The van der Waals surface area contributed by atoms with Crippen molar-refractivity contribution in [1.82, 2.24) is 0 Å². The Balaban J connectivity index is 1.52. The van der Waals surface area contributed by atoms with Crippen LogP contribution in [-0.4, -0.2) is 10.4 Å². The molecule has 8 nitrogen and oxygen atoms in total. The van der Waals surface area contributed by atoms with Crippen molar-refractivity contribution in [2.24, 2.45) is 0 Å². The van der Waals surface area contributed by atoms with Gasteiger partial charge in [0.2, 0.25) is 0 Å². The van der Waals surface area contributed by atoms with Crippen LogP contribution >= 0.6 is 0 Å². The van der Waals surface area contributed by atoms with Crippen LogP contribution in [0.2, 0.25) is 0 Å². The van der Waals surface area contributed by atoms with Gasteiger partial charge in [0, 0.05) is 11.1 Å². The lowest BCUT2D eigenvalue weighted by atomic mass is 10.1. The van der Waals surface area contributed by atoms with Crippen molar-refractivity contribution < 1.29 is 19.2 Å². The van der Waals surface area contributed by atoms with Crippen molar-refractivity contribution in [3.63, 3.8) is 0 Å². The summed E-state index contributed by atoms with van der Waals surface area (Å²) >= 11 is 0. The summed E-state index contributed by atoms with van der Waals surface area (Å²) in [7, 11) is 0. The van der Waals surface area contributed by atoms with Crippen LogP contribution in [0.1, 0.15) is 11.5 Å². The van der Waals surface area contributed by atoms with E-state index in [1.165, 1.54) is 24.3 Å². The van der Waals surface area contributed by atoms with Gasteiger partial charge in [0.25, 0.3) is 0 Å². The maximum absolute atomic E-state index is 11.0. The van der Waals surface area contributed by atoms with Crippen molar-refractivity contribution in [2.75, 3.05) is 10.5 Å². The van der Waals surface area contributed by atoms with Crippen LogP contribution in [0.3, 0.4) is 0 Å². The van der Waals surface area contributed by atoms with Gasteiger partial charge in [0.05, 0.1) is 17.8 Å². The van der Waals surface area contributed by atoms with Crippen LogP contribution < -0.4 is 10.5 Å². The third-order valence-corrected chi connectivity index (χ3v) is 4.37. The van der Waals surface area contributed by atoms with Gasteiger partial charge in [-0.3, -0.25) is 10.4 Å². The Hall–Kier alpha value is -3.56. The highest BCUT2D eigenvalue weighted by molar-refractivity contribution is 5.65. The molecule has 4 aromatic rings. The predicted molar refractivity (Wildman–Crippen MR) is 106 cm³/mol. The number of benzene rings is 2. The number of furan rings is 2. The second kappa shape index (κ2) is 7.82. The topological polar surface area (TPSA) is 119 Å². The predicted octanol–water partition coefficient (Wildman–Crippen LogP) is 5.18. The minimum atomic E-state index is -0.199. The second-order valence-corrected chi connectivity index (χ2v) is 6.36.